The molecule has 0 aliphatic carbocycles. The lowest BCUT2D eigenvalue weighted by Crippen LogP contribution is -2.50. The third-order valence-electron chi connectivity index (χ3n) is 4.81. The number of ether oxygens (including phenoxy) is 1. The van der Waals surface area contributed by atoms with Crippen molar-refractivity contribution in [3.63, 3.8) is 0 Å². The normalized spacial score (nSPS) is 14.5. The molecule has 1 fully saturated rings. The van der Waals surface area contributed by atoms with E-state index in [0.29, 0.717) is 45.6 Å². The number of nitrogens with zero attached hydrogens (tertiary/aromatic N) is 3. The lowest BCUT2D eigenvalue weighted by atomic mass is 9.87. The van der Waals surface area contributed by atoms with Crippen LogP contribution in [-0.2, 0) is 15.0 Å². The molecule has 0 atom stereocenters. The number of benzene rings is 1. The molecule has 1 aromatic rings. The summed E-state index contributed by atoms with van der Waals surface area (Å²) in [6.45, 7) is 9.01. The van der Waals surface area contributed by atoms with Crippen molar-refractivity contribution in [3.05, 3.63) is 28.2 Å². The van der Waals surface area contributed by atoms with E-state index in [1.165, 1.54) is 5.56 Å². The average molecular weight is 450 g/mol. The zero-order valence-corrected chi connectivity index (χ0v) is 18.4. The second kappa shape index (κ2) is 9.92. The summed E-state index contributed by atoms with van der Waals surface area (Å²) in [5.74, 6) is 0.703. The molecule has 1 saturated heterocycles. The van der Waals surface area contributed by atoms with Crippen molar-refractivity contribution in [2.45, 2.75) is 45.4 Å². The highest BCUT2D eigenvalue weighted by Gasteiger charge is 2.23. The molecule has 1 heterocycles. The van der Waals surface area contributed by atoms with Crippen molar-refractivity contribution < 1.29 is 14.3 Å². The molecule has 1 aliphatic rings. The Balaban J connectivity index is 1.72. The molecule has 0 radical (unpaired) electrons. The number of hydrogen-bond acceptors (Lipinski definition) is 4. The number of rotatable bonds is 6. The fourth-order valence-electron chi connectivity index (χ4n) is 3.03. The maximum Gasteiger partial charge on any atom is 0.236 e. The Labute approximate surface area is 175 Å². The Morgan fingerprint density at radius 1 is 1.14 bits per heavy atom. The summed E-state index contributed by atoms with van der Waals surface area (Å²) in [4.78, 5) is 27.5. The zero-order chi connectivity index (χ0) is 20.7. The maximum absolute atomic E-state index is 12.3. The number of carbonyl (C=O) groups is 2. The molecular weight excluding hydrogens is 422 g/mol. The van der Waals surface area contributed by atoms with Crippen LogP contribution in [0.25, 0.3) is 0 Å². The van der Waals surface area contributed by atoms with Gasteiger partial charge in [-0.15, -0.1) is 0 Å². The first kappa shape index (κ1) is 22.2. The van der Waals surface area contributed by atoms with Gasteiger partial charge in [-0.3, -0.25) is 9.59 Å². The predicted molar refractivity (Wildman–Crippen MR) is 111 cm³/mol. The van der Waals surface area contributed by atoms with E-state index in [0.717, 1.165) is 10.2 Å². The van der Waals surface area contributed by atoms with Gasteiger partial charge in [0.15, 0.2) is 0 Å². The number of nitriles is 1. The van der Waals surface area contributed by atoms with Gasteiger partial charge in [-0.2, -0.15) is 5.26 Å². The summed E-state index contributed by atoms with van der Waals surface area (Å²) in [5, 5.41) is 8.60. The smallest absolute Gasteiger partial charge is 0.236 e. The van der Waals surface area contributed by atoms with Crippen molar-refractivity contribution in [1.29, 1.82) is 5.26 Å². The zero-order valence-electron chi connectivity index (χ0n) is 16.8. The van der Waals surface area contributed by atoms with Crippen LogP contribution in [0.5, 0.6) is 5.75 Å². The first-order chi connectivity index (χ1) is 13.2. The molecule has 1 aromatic carbocycles. The monoisotopic (exact) mass is 449 g/mol. The van der Waals surface area contributed by atoms with Crippen LogP contribution in [0.2, 0.25) is 0 Å². The second-order valence-electron chi connectivity index (χ2n) is 7.94. The van der Waals surface area contributed by atoms with Gasteiger partial charge >= 0.3 is 0 Å². The van der Waals surface area contributed by atoms with Crippen LogP contribution in [0.1, 0.15) is 45.6 Å². The molecule has 1 aliphatic heterocycles. The van der Waals surface area contributed by atoms with E-state index in [9.17, 15) is 9.59 Å². The minimum Gasteiger partial charge on any atom is -0.492 e. The van der Waals surface area contributed by atoms with Crippen LogP contribution in [0.15, 0.2) is 22.7 Å². The Morgan fingerprint density at radius 2 is 1.75 bits per heavy atom. The van der Waals surface area contributed by atoms with E-state index in [2.05, 4.69) is 48.8 Å². The number of hydrogen-bond donors (Lipinski definition) is 0. The predicted octanol–water partition coefficient (Wildman–Crippen LogP) is 3.49. The molecule has 152 valence electrons. The summed E-state index contributed by atoms with van der Waals surface area (Å²) in [7, 11) is 0. The van der Waals surface area contributed by atoms with Crippen molar-refractivity contribution in [1.82, 2.24) is 9.80 Å². The number of amides is 2. The largest absolute Gasteiger partial charge is 0.492 e. The molecule has 6 nitrogen and oxygen atoms in total. The second-order valence-corrected chi connectivity index (χ2v) is 8.80. The highest BCUT2D eigenvalue weighted by molar-refractivity contribution is 9.10. The molecule has 2 rings (SSSR count). The van der Waals surface area contributed by atoms with Crippen LogP contribution in [0.3, 0.4) is 0 Å². The van der Waals surface area contributed by atoms with E-state index in [4.69, 9.17) is 10.00 Å². The van der Waals surface area contributed by atoms with Crippen LogP contribution in [-0.4, -0.2) is 54.4 Å². The molecule has 2 amide bonds. The van der Waals surface area contributed by atoms with E-state index in [1.54, 1.807) is 9.80 Å². The summed E-state index contributed by atoms with van der Waals surface area (Å²) in [6, 6.07) is 7.98. The van der Waals surface area contributed by atoms with E-state index >= 15 is 0 Å². The Hall–Kier alpha value is -2.07. The molecule has 0 unspecified atom stereocenters. The Kier molecular flexibility index (Phi) is 7.88. The first-order valence-corrected chi connectivity index (χ1v) is 10.4. The third-order valence-corrected chi connectivity index (χ3v) is 5.43. The topological polar surface area (TPSA) is 73.6 Å². The fraction of sp³-hybridized carbons (Fsp3) is 0.571. The Bertz CT molecular complexity index is 744. The molecule has 7 heteroatoms. The summed E-state index contributed by atoms with van der Waals surface area (Å²) in [5.41, 5.74) is 1.31. The molecular formula is C21H28BrN3O3. The van der Waals surface area contributed by atoms with Crippen LogP contribution in [0, 0.1) is 11.3 Å². The van der Waals surface area contributed by atoms with Gasteiger partial charge in [0.2, 0.25) is 11.8 Å². The van der Waals surface area contributed by atoms with Gasteiger partial charge in [0.1, 0.15) is 12.2 Å². The van der Waals surface area contributed by atoms with Crippen molar-refractivity contribution in [3.8, 4) is 11.8 Å². The fourth-order valence-corrected chi connectivity index (χ4v) is 3.53. The summed E-state index contributed by atoms with van der Waals surface area (Å²) < 4.78 is 6.74. The molecule has 0 saturated carbocycles. The molecule has 0 N–H and O–H groups in total. The number of halogens is 1. The molecule has 0 bridgehead atoms. The molecule has 0 spiro atoms. The highest BCUT2D eigenvalue weighted by atomic mass is 79.9. The quantitative estimate of drug-likeness (QED) is 0.622. The van der Waals surface area contributed by atoms with Gasteiger partial charge < -0.3 is 14.5 Å². The van der Waals surface area contributed by atoms with Gasteiger partial charge in [-0.05, 0) is 45.5 Å². The van der Waals surface area contributed by atoms with Gasteiger partial charge in [-0.25, -0.2) is 0 Å². The lowest BCUT2D eigenvalue weighted by molar-refractivity contribution is -0.139. The average Bonchev–Trinajstić information content (AvgIpc) is 2.65. The van der Waals surface area contributed by atoms with E-state index in [-0.39, 0.29) is 23.7 Å². The van der Waals surface area contributed by atoms with E-state index < -0.39 is 0 Å². The van der Waals surface area contributed by atoms with Crippen molar-refractivity contribution in [2.24, 2.45) is 0 Å². The standard InChI is InChI=1S/C21H28BrN3O3/c1-21(2,3)16-6-7-18(17(22)15-16)28-14-4-5-19(26)24-10-12-25(13-11-24)20(27)8-9-23/h6-7,15H,4-5,8,10-14H2,1-3H3. The minimum absolute atomic E-state index is 0.0801. The number of carbonyl (C=O) groups excluding carboxylic acids is 2. The minimum atomic E-state index is -0.161. The van der Waals surface area contributed by atoms with Crippen molar-refractivity contribution in [2.75, 3.05) is 32.8 Å². The van der Waals surface area contributed by atoms with Gasteiger partial charge in [-0.1, -0.05) is 26.8 Å². The Morgan fingerprint density at radius 3 is 2.29 bits per heavy atom. The third kappa shape index (κ3) is 6.23. The van der Waals surface area contributed by atoms with Crippen LogP contribution in [0.4, 0.5) is 0 Å². The SMILES string of the molecule is CC(C)(C)c1ccc(OCCCC(=O)N2CCN(C(=O)CC#N)CC2)c(Br)c1. The first-order valence-electron chi connectivity index (χ1n) is 9.57. The summed E-state index contributed by atoms with van der Waals surface area (Å²) >= 11 is 3.56. The lowest BCUT2D eigenvalue weighted by Gasteiger charge is -2.34. The summed E-state index contributed by atoms with van der Waals surface area (Å²) in [6.07, 6.45) is 0.960. The van der Waals surface area contributed by atoms with Gasteiger partial charge in [0.25, 0.3) is 0 Å². The van der Waals surface area contributed by atoms with Crippen LogP contribution < -0.4 is 4.74 Å². The molecule has 28 heavy (non-hydrogen) atoms. The van der Waals surface area contributed by atoms with Gasteiger partial charge in [0.05, 0.1) is 17.1 Å². The van der Waals surface area contributed by atoms with E-state index in [1.807, 2.05) is 12.1 Å². The van der Waals surface area contributed by atoms with Crippen LogP contribution >= 0.6 is 15.9 Å². The van der Waals surface area contributed by atoms with Crippen molar-refractivity contribution >= 4 is 27.7 Å². The molecule has 0 aromatic heterocycles. The van der Waals surface area contributed by atoms with Gasteiger partial charge in [0, 0.05) is 32.6 Å². The highest BCUT2D eigenvalue weighted by Crippen LogP contribution is 2.31. The maximum atomic E-state index is 12.3. The number of piperazine rings is 1.